The van der Waals surface area contributed by atoms with Crippen LogP contribution >= 0.6 is 7.92 Å². The smallest absolute Gasteiger partial charge is 0.00568 e. The number of rotatable bonds is 1. The molecule has 2 aliphatic rings. The molecule has 2 aliphatic carbocycles. The molecule has 0 aromatic carbocycles. The van der Waals surface area contributed by atoms with Crippen molar-refractivity contribution in [3.63, 3.8) is 0 Å². The Morgan fingerprint density at radius 3 is 2.38 bits per heavy atom. The lowest BCUT2D eigenvalue weighted by molar-refractivity contribution is 0.659. The molecule has 0 heterocycles. The fraction of sp³-hybridized carbons (Fsp3) is 0.333. The van der Waals surface area contributed by atoms with Gasteiger partial charge in [-0.05, 0) is 18.6 Å². The van der Waals surface area contributed by atoms with Crippen LogP contribution < -0.4 is 0 Å². The summed E-state index contributed by atoms with van der Waals surface area (Å²) in [5.74, 6) is 1.23. The van der Waals surface area contributed by atoms with Crippen LogP contribution in [0.3, 0.4) is 0 Å². The summed E-state index contributed by atoms with van der Waals surface area (Å²) in [6.45, 7) is 4.63. The molecule has 0 N–H and O–H groups in total. The van der Waals surface area contributed by atoms with Crippen molar-refractivity contribution >= 4 is 7.92 Å². The van der Waals surface area contributed by atoms with E-state index >= 15 is 0 Å². The van der Waals surface area contributed by atoms with Gasteiger partial charge in [-0.3, -0.25) is 0 Å². The lowest BCUT2D eigenvalue weighted by atomic mass is 9.85. The maximum absolute atomic E-state index is 2.43. The minimum atomic E-state index is 0.0654. The molecule has 2 atom stereocenters. The van der Waals surface area contributed by atoms with E-state index in [4.69, 9.17) is 0 Å². The molecule has 1 heteroatoms. The summed E-state index contributed by atoms with van der Waals surface area (Å²) in [6.07, 6.45) is 15.9. The van der Waals surface area contributed by atoms with E-state index in [2.05, 4.69) is 55.9 Å². The Kier molecular flexibility index (Phi) is 2.51. The van der Waals surface area contributed by atoms with Crippen LogP contribution in [0.4, 0.5) is 0 Å². The molecular formula is C12H15P. The molecule has 13 heavy (non-hydrogen) atoms. The molecule has 0 spiro atoms. The van der Waals surface area contributed by atoms with Crippen molar-refractivity contribution in [1.82, 2.24) is 0 Å². The predicted molar refractivity (Wildman–Crippen MR) is 61.3 cm³/mol. The first-order valence-corrected chi connectivity index (χ1v) is 6.93. The van der Waals surface area contributed by atoms with Crippen molar-refractivity contribution in [2.75, 3.05) is 13.3 Å². The van der Waals surface area contributed by atoms with Gasteiger partial charge >= 0.3 is 0 Å². The van der Waals surface area contributed by atoms with Gasteiger partial charge in [-0.15, -0.1) is 0 Å². The maximum Gasteiger partial charge on any atom is 0.00568 e. The highest BCUT2D eigenvalue weighted by Gasteiger charge is 2.18. The zero-order chi connectivity index (χ0) is 9.26. The molecule has 0 aromatic heterocycles. The summed E-state index contributed by atoms with van der Waals surface area (Å²) >= 11 is 0. The Bertz CT molecular complexity index is 305. The SMILES string of the molecule is CP(C)C1=CC2C=CC=CC2C=C1. The van der Waals surface area contributed by atoms with E-state index in [1.54, 1.807) is 0 Å². The van der Waals surface area contributed by atoms with Gasteiger partial charge in [0.05, 0.1) is 0 Å². The van der Waals surface area contributed by atoms with Crippen LogP contribution in [-0.4, -0.2) is 13.3 Å². The predicted octanol–water partition coefficient (Wildman–Crippen LogP) is 3.54. The standard InChI is InChI=1S/C12H15P/c1-13(2)12-8-7-10-5-3-4-6-11(10)9-12/h3-11H,1-2H3. The van der Waals surface area contributed by atoms with Crippen LogP contribution in [0.1, 0.15) is 0 Å². The van der Waals surface area contributed by atoms with Crippen LogP contribution in [0.15, 0.2) is 47.8 Å². The Hall–Kier alpha value is -0.610. The average molecular weight is 190 g/mol. The zero-order valence-corrected chi connectivity index (χ0v) is 9.04. The molecule has 68 valence electrons. The van der Waals surface area contributed by atoms with Gasteiger partial charge in [0.15, 0.2) is 0 Å². The number of allylic oxidation sites excluding steroid dienone is 8. The Morgan fingerprint density at radius 1 is 1.00 bits per heavy atom. The third-order valence-corrected chi connectivity index (χ3v) is 3.92. The third kappa shape index (κ3) is 1.84. The van der Waals surface area contributed by atoms with E-state index in [-0.39, 0.29) is 7.92 Å². The van der Waals surface area contributed by atoms with Gasteiger partial charge in [0.1, 0.15) is 0 Å². The largest absolute Gasteiger partial charge is 0.0820 e. The summed E-state index contributed by atoms with van der Waals surface area (Å²) < 4.78 is 0. The van der Waals surface area contributed by atoms with Gasteiger partial charge < -0.3 is 0 Å². The number of hydrogen-bond acceptors (Lipinski definition) is 0. The van der Waals surface area contributed by atoms with Gasteiger partial charge in [0, 0.05) is 11.8 Å². The topological polar surface area (TPSA) is 0 Å². The maximum atomic E-state index is 2.43. The fourth-order valence-corrected chi connectivity index (χ4v) is 2.62. The second kappa shape index (κ2) is 3.64. The molecule has 0 nitrogen and oxygen atoms in total. The summed E-state index contributed by atoms with van der Waals surface area (Å²) in [7, 11) is 0.0654. The zero-order valence-electron chi connectivity index (χ0n) is 8.14. The normalized spacial score (nSPS) is 30.5. The van der Waals surface area contributed by atoms with Gasteiger partial charge in [0.2, 0.25) is 0 Å². The first-order valence-electron chi connectivity index (χ1n) is 4.70. The number of fused-ring (bicyclic) bond motifs is 1. The van der Waals surface area contributed by atoms with E-state index in [9.17, 15) is 0 Å². The minimum Gasteiger partial charge on any atom is -0.0820 e. The van der Waals surface area contributed by atoms with Crippen molar-refractivity contribution in [1.29, 1.82) is 0 Å². The van der Waals surface area contributed by atoms with Crippen LogP contribution in [0.5, 0.6) is 0 Å². The van der Waals surface area contributed by atoms with E-state index < -0.39 is 0 Å². The summed E-state index contributed by atoms with van der Waals surface area (Å²) in [4.78, 5) is 0. The molecular weight excluding hydrogens is 175 g/mol. The van der Waals surface area contributed by atoms with E-state index in [0.717, 1.165) is 0 Å². The average Bonchev–Trinajstić information content (AvgIpc) is 2.17. The van der Waals surface area contributed by atoms with Gasteiger partial charge in [-0.25, -0.2) is 0 Å². The summed E-state index contributed by atoms with van der Waals surface area (Å²) in [6, 6.07) is 0. The Labute approximate surface area is 81.5 Å². The lowest BCUT2D eigenvalue weighted by Crippen LogP contribution is -2.11. The second-order valence-corrected chi connectivity index (χ2v) is 6.07. The first kappa shape index (κ1) is 8.97. The number of hydrogen-bond donors (Lipinski definition) is 0. The van der Waals surface area contributed by atoms with E-state index in [1.165, 1.54) is 5.31 Å². The van der Waals surface area contributed by atoms with Crippen LogP contribution in [-0.2, 0) is 0 Å². The van der Waals surface area contributed by atoms with E-state index in [0.29, 0.717) is 11.8 Å². The van der Waals surface area contributed by atoms with Crippen molar-refractivity contribution in [3.05, 3.63) is 47.8 Å². The molecule has 0 aliphatic heterocycles. The van der Waals surface area contributed by atoms with Crippen molar-refractivity contribution < 1.29 is 0 Å². The monoisotopic (exact) mass is 190 g/mol. The minimum absolute atomic E-state index is 0.0654. The highest BCUT2D eigenvalue weighted by molar-refractivity contribution is 7.60. The second-order valence-electron chi connectivity index (χ2n) is 3.77. The van der Waals surface area contributed by atoms with Gasteiger partial charge in [-0.2, -0.15) is 0 Å². The Balaban J connectivity index is 2.22. The Morgan fingerprint density at radius 2 is 1.69 bits per heavy atom. The fourth-order valence-electron chi connectivity index (χ4n) is 1.76. The quantitative estimate of drug-likeness (QED) is 0.555. The molecule has 0 aromatic rings. The van der Waals surface area contributed by atoms with Crippen molar-refractivity contribution in [2.45, 2.75) is 0 Å². The lowest BCUT2D eigenvalue weighted by Gasteiger charge is -2.24. The van der Waals surface area contributed by atoms with E-state index in [1.807, 2.05) is 0 Å². The van der Waals surface area contributed by atoms with Gasteiger partial charge in [-0.1, -0.05) is 50.5 Å². The molecule has 0 fully saturated rings. The van der Waals surface area contributed by atoms with Crippen LogP contribution in [0, 0.1) is 11.8 Å². The molecule has 0 bridgehead atoms. The molecule has 0 saturated carbocycles. The van der Waals surface area contributed by atoms with Crippen LogP contribution in [0.25, 0.3) is 0 Å². The highest BCUT2D eigenvalue weighted by atomic mass is 31.1. The molecule has 0 saturated heterocycles. The van der Waals surface area contributed by atoms with Crippen molar-refractivity contribution in [2.24, 2.45) is 11.8 Å². The first-order chi connectivity index (χ1) is 6.27. The molecule has 0 amide bonds. The van der Waals surface area contributed by atoms with Crippen LogP contribution in [0.2, 0.25) is 0 Å². The molecule has 0 radical (unpaired) electrons. The summed E-state index contributed by atoms with van der Waals surface area (Å²) in [5.41, 5.74) is 0. The highest BCUT2D eigenvalue weighted by Crippen LogP contribution is 2.42. The molecule has 2 rings (SSSR count). The molecule has 2 unspecified atom stereocenters. The van der Waals surface area contributed by atoms with Crippen molar-refractivity contribution in [3.8, 4) is 0 Å². The van der Waals surface area contributed by atoms with Gasteiger partial charge in [0.25, 0.3) is 0 Å². The third-order valence-electron chi connectivity index (χ3n) is 2.59. The summed E-state index contributed by atoms with van der Waals surface area (Å²) in [5, 5.41) is 1.54.